The van der Waals surface area contributed by atoms with Gasteiger partial charge in [0.05, 0.1) is 0 Å². The Kier molecular flexibility index (Phi) is 20.5. The van der Waals surface area contributed by atoms with Gasteiger partial charge >= 0.3 is 17.9 Å². The second-order valence-corrected chi connectivity index (χ2v) is 8.42. The minimum Gasteiger partial charge on any atom is -0.462 e. The third kappa shape index (κ3) is 22.9. The van der Waals surface area contributed by atoms with E-state index in [-0.39, 0.29) is 19.2 Å². The van der Waals surface area contributed by atoms with Gasteiger partial charge in [0.15, 0.2) is 6.10 Å². The molecule has 1 atom stereocenters. The van der Waals surface area contributed by atoms with Gasteiger partial charge in [-0.15, -0.1) is 0 Å². The molecule has 6 heteroatoms. The molecule has 0 rings (SSSR count). The van der Waals surface area contributed by atoms with Crippen LogP contribution in [-0.4, -0.2) is 37.2 Å². The third-order valence-corrected chi connectivity index (χ3v) is 5.22. The maximum atomic E-state index is 11.8. The monoisotopic (exact) mass is 442 g/mol. The number of hydrogen-bond donors (Lipinski definition) is 0. The molecule has 0 aliphatic rings. The van der Waals surface area contributed by atoms with E-state index in [1.165, 1.54) is 90.9 Å². The van der Waals surface area contributed by atoms with Gasteiger partial charge in [0.25, 0.3) is 0 Å². The third-order valence-electron chi connectivity index (χ3n) is 5.22. The number of unbranched alkanes of at least 4 members (excludes halogenated alkanes) is 14. The molecular formula is C25H46O6. The van der Waals surface area contributed by atoms with Gasteiger partial charge in [-0.25, -0.2) is 0 Å². The van der Waals surface area contributed by atoms with E-state index in [2.05, 4.69) is 6.92 Å². The fourth-order valence-electron chi connectivity index (χ4n) is 3.46. The first kappa shape index (κ1) is 29.4. The highest BCUT2D eigenvalue weighted by molar-refractivity contribution is 5.69. The molecule has 6 nitrogen and oxygen atoms in total. The lowest BCUT2D eigenvalue weighted by atomic mass is 10.0. The summed E-state index contributed by atoms with van der Waals surface area (Å²) in [5, 5.41) is 0. The van der Waals surface area contributed by atoms with E-state index < -0.39 is 18.0 Å². The molecule has 0 amide bonds. The van der Waals surface area contributed by atoms with E-state index in [1.807, 2.05) is 0 Å². The standard InChI is InChI=1S/C25H46O6/c1-4-5-6-7-8-9-10-11-12-13-14-15-16-17-18-19-25(28)30-21-24(31-23(3)27)20-29-22(2)26/h24H,4-21H2,1-3H3. The second kappa shape index (κ2) is 21.6. The molecule has 0 aromatic rings. The van der Waals surface area contributed by atoms with Gasteiger partial charge in [-0.3, -0.25) is 14.4 Å². The van der Waals surface area contributed by atoms with Crippen LogP contribution in [0.3, 0.4) is 0 Å². The maximum Gasteiger partial charge on any atom is 0.305 e. The van der Waals surface area contributed by atoms with Crippen LogP contribution in [0.5, 0.6) is 0 Å². The largest absolute Gasteiger partial charge is 0.462 e. The molecule has 182 valence electrons. The molecule has 1 unspecified atom stereocenters. The minimum absolute atomic E-state index is 0.0928. The van der Waals surface area contributed by atoms with E-state index in [0.717, 1.165) is 19.3 Å². The number of esters is 3. The van der Waals surface area contributed by atoms with Crippen LogP contribution in [-0.2, 0) is 28.6 Å². The van der Waals surface area contributed by atoms with Crippen molar-refractivity contribution < 1.29 is 28.6 Å². The van der Waals surface area contributed by atoms with Crippen LogP contribution in [0.25, 0.3) is 0 Å². The van der Waals surface area contributed by atoms with E-state index in [0.29, 0.717) is 6.42 Å². The SMILES string of the molecule is CCCCCCCCCCCCCCCCCC(=O)OCC(COC(C)=O)OC(C)=O. The molecule has 0 saturated heterocycles. The molecule has 0 N–H and O–H groups in total. The van der Waals surface area contributed by atoms with E-state index in [1.54, 1.807) is 0 Å². The lowest BCUT2D eigenvalue weighted by molar-refractivity contribution is -0.164. The zero-order chi connectivity index (χ0) is 23.2. The summed E-state index contributed by atoms with van der Waals surface area (Å²) in [7, 11) is 0. The number of ether oxygens (including phenoxy) is 3. The van der Waals surface area contributed by atoms with Crippen molar-refractivity contribution in [3.05, 3.63) is 0 Å². The number of carbonyl (C=O) groups is 3. The first-order valence-corrected chi connectivity index (χ1v) is 12.4. The fraction of sp³-hybridized carbons (Fsp3) is 0.880. The van der Waals surface area contributed by atoms with Crippen molar-refractivity contribution in [3.63, 3.8) is 0 Å². The molecule has 31 heavy (non-hydrogen) atoms. The lowest BCUT2D eigenvalue weighted by Gasteiger charge is -2.16. The summed E-state index contributed by atoms with van der Waals surface area (Å²) in [6.45, 7) is 4.59. The Morgan fingerprint density at radius 1 is 0.581 bits per heavy atom. The molecule has 0 radical (unpaired) electrons. The molecule has 0 heterocycles. The summed E-state index contributed by atoms with van der Waals surface area (Å²) < 4.78 is 15.0. The van der Waals surface area contributed by atoms with Crippen molar-refractivity contribution in [2.45, 2.75) is 130 Å². The molecule has 0 fully saturated rings. The van der Waals surface area contributed by atoms with Crippen molar-refractivity contribution in [3.8, 4) is 0 Å². The van der Waals surface area contributed by atoms with Gasteiger partial charge < -0.3 is 14.2 Å². The summed E-state index contributed by atoms with van der Waals surface area (Å²) in [4.78, 5) is 33.8. The van der Waals surface area contributed by atoms with E-state index in [9.17, 15) is 14.4 Å². The van der Waals surface area contributed by atoms with E-state index >= 15 is 0 Å². The maximum absolute atomic E-state index is 11.8. The second-order valence-electron chi connectivity index (χ2n) is 8.42. The van der Waals surface area contributed by atoms with Crippen LogP contribution in [0, 0.1) is 0 Å². The summed E-state index contributed by atoms with van der Waals surface area (Å²) >= 11 is 0. The van der Waals surface area contributed by atoms with Gasteiger partial charge in [-0.05, 0) is 6.42 Å². The molecule has 0 aromatic heterocycles. The van der Waals surface area contributed by atoms with Crippen molar-refractivity contribution in [2.75, 3.05) is 13.2 Å². The van der Waals surface area contributed by atoms with Crippen molar-refractivity contribution in [1.29, 1.82) is 0 Å². The average molecular weight is 443 g/mol. The van der Waals surface area contributed by atoms with Crippen LogP contribution in [0.2, 0.25) is 0 Å². The topological polar surface area (TPSA) is 78.9 Å². The smallest absolute Gasteiger partial charge is 0.305 e. The van der Waals surface area contributed by atoms with Crippen molar-refractivity contribution in [1.82, 2.24) is 0 Å². The highest BCUT2D eigenvalue weighted by Gasteiger charge is 2.16. The highest BCUT2D eigenvalue weighted by Crippen LogP contribution is 2.14. The predicted molar refractivity (Wildman–Crippen MR) is 123 cm³/mol. The Morgan fingerprint density at radius 2 is 1.00 bits per heavy atom. The lowest BCUT2D eigenvalue weighted by Crippen LogP contribution is -2.29. The average Bonchev–Trinajstić information content (AvgIpc) is 2.72. The van der Waals surface area contributed by atoms with Crippen LogP contribution in [0.1, 0.15) is 124 Å². The normalized spacial score (nSPS) is 11.7. The zero-order valence-electron chi connectivity index (χ0n) is 20.3. The molecule has 0 aromatic carbocycles. The Bertz CT molecular complexity index is 463. The van der Waals surface area contributed by atoms with E-state index in [4.69, 9.17) is 14.2 Å². The van der Waals surface area contributed by atoms with Crippen LogP contribution in [0.15, 0.2) is 0 Å². The summed E-state index contributed by atoms with van der Waals surface area (Å²) in [5.74, 6) is -1.29. The summed E-state index contributed by atoms with van der Waals surface area (Å²) in [6.07, 6.45) is 18.8. The van der Waals surface area contributed by atoms with Crippen LogP contribution in [0.4, 0.5) is 0 Å². The van der Waals surface area contributed by atoms with Crippen molar-refractivity contribution in [2.24, 2.45) is 0 Å². The highest BCUT2D eigenvalue weighted by atomic mass is 16.6. The molecular weight excluding hydrogens is 396 g/mol. The molecule has 0 aliphatic carbocycles. The van der Waals surface area contributed by atoms with Gasteiger partial charge in [0.1, 0.15) is 13.2 Å². The van der Waals surface area contributed by atoms with Crippen LogP contribution >= 0.6 is 0 Å². The number of rotatable bonds is 21. The first-order valence-electron chi connectivity index (χ1n) is 12.4. The van der Waals surface area contributed by atoms with Gasteiger partial charge in [-0.1, -0.05) is 96.8 Å². The molecule has 0 aliphatic heterocycles. The Hall–Kier alpha value is -1.59. The fourth-order valence-corrected chi connectivity index (χ4v) is 3.46. The van der Waals surface area contributed by atoms with Gasteiger partial charge in [0, 0.05) is 20.3 Å². The molecule has 0 saturated carbocycles. The first-order chi connectivity index (χ1) is 15.0. The van der Waals surface area contributed by atoms with Gasteiger partial charge in [-0.2, -0.15) is 0 Å². The number of hydrogen-bond acceptors (Lipinski definition) is 6. The summed E-state index contributed by atoms with van der Waals surface area (Å²) in [5.41, 5.74) is 0. The Morgan fingerprint density at radius 3 is 1.42 bits per heavy atom. The quantitative estimate of drug-likeness (QED) is 0.118. The van der Waals surface area contributed by atoms with Gasteiger partial charge in [0.2, 0.25) is 0 Å². The minimum atomic E-state index is -0.758. The Balaban J connectivity index is 3.50. The number of carbonyl (C=O) groups excluding carboxylic acids is 3. The molecule has 0 spiro atoms. The predicted octanol–water partition coefficient (Wildman–Crippen LogP) is 6.29. The molecule has 0 bridgehead atoms. The zero-order valence-corrected chi connectivity index (χ0v) is 20.3. The Labute approximate surface area is 189 Å². The summed E-state index contributed by atoms with van der Waals surface area (Å²) in [6, 6.07) is 0. The van der Waals surface area contributed by atoms with Crippen molar-refractivity contribution >= 4 is 17.9 Å². The van der Waals surface area contributed by atoms with Crippen LogP contribution < -0.4 is 0 Å².